The third-order valence-corrected chi connectivity index (χ3v) is 20.5. The number of carboxylic acid groups (broad SMARTS) is 1. The zero-order valence-corrected chi connectivity index (χ0v) is 74.8. The van der Waals surface area contributed by atoms with Gasteiger partial charge in [0.1, 0.15) is 124 Å². The van der Waals surface area contributed by atoms with Gasteiger partial charge in [-0.15, -0.1) is 0 Å². The van der Waals surface area contributed by atoms with Crippen molar-refractivity contribution < 1.29 is 97.5 Å². The molecule has 0 aliphatic carbocycles. The molecule has 0 saturated carbocycles. The zero-order valence-electron chi connectivity index (χ0n) is 74.8. The van der Waals surface area contributed by atoms with Gasteiger partial charge in [-0.25, -0.2) is 14.4 Å². The Morgan fingerprint density at radius 2 is 0.592 bits per heavy atom. The van der Waals surface area contributed by atoms with E-state index in [1.165, 1.54) is 29.2 Å². The van der Waals surface area contributed by atoms with E-state index in [0.29, 0.717) is 49.3 Å². The molecule has 0 radical (unpaired) electrons. The van der Waals surface area contributed by atoms with Gasteiger partial charge in [0.15, 0.2) is 0 Å². The number of nitrogen functional groups attached to an aromatic ring is 1. The number of hydrogen-bond donors (Lipinski definition) is 8. The first-order valence-electron chi connectivity index (χ1n) is 42.0. The van der Waals surface area contributed by atoms with Crippen LogP contribution in [0, 0.1) is 20.8 Å². The maximum atomic E-state index is 11.6. The highest BCUT2D eigenvalue weighted by molar-refractivity contribution is 5.87. The summed E-state index contributed by atoms with van der Waals surface area (Å²) in [5.74, 6) is 2.09. The molecule has 672 valence electrons. The van der Waals surface area contributed by atoms with Crippen LogP contribution in [0.1, 0.15) is 126 Å². The summed E-state index contributed by atoms with van der Waals surface area (Å²) in [7, 11) is 0. The molecule has 23 nitrogen and oxygen atoms in total. The number of hydrogen-bond acceptors (Lipinski definition) is 22. The summed E-state index contributed by atoms with van der Waals surface area (Å²) in [4.78, 5) is 36.7. The number of carbonyl (C=O) groups is 3. The van der Waals surface area contributed by atoms with E-state index in [2.05, 4.69) is 85.5 Å². The van der Waals surface area contributed by atoms with Crippen molar-refractivity contribution >= 4 is 35.0 Å². The number of aliphatic hydroxyl groups is 6. The Hall–Kier alpha value is -11.5. The van der Waals surface area contributed by atoms with Crippen LogP contribution >= 0.6 is 0 Å². The monoisotopic (exact) mass is 1720 g/mol. The van der Waals surface area contributed by atoms with Gasteiger partial charge in [-0.05, 0) is 198 Å². The van der Waals surface area contributed by atoms with Crippen LogP contribution in [0.2, 0.25) is 0 Å². The molecule has 9 aromatic carbocycles. The summed E-state index contributed by atoms with van der Waals surface area (Å²) in [5.41, 5.74) is 18.3. The summed E-state index contributed by atoms with van der Waals surface area (Å²) in [6, 6.07) is 71.3. The third kappa shape index (κ3) is 35.6. The van der Waals surface area contributed by atoms with Crippen molar-refractivity contribution in [3.8, 4) is 34.5 Å². The van der Waals surface area contributed by atoms with Crippen molar-refractivity contribution in [1.29, 1.82) is 0 Å². The topological polar surface area (TPSA) is 324 Å². The van der Waals surface area contributed by atoms with Crippen molar-refractivity contribution in [2.75, 3.05) is 108 Å². The molecule has 2 aliphatic rings. The standard InChI is InChI=1S/C57H69NO12.C21H24O4.C13H21NO2.C7H9N.C4H6O2/c1-38(2)54(63)69-36-48(61)34-67-52-26-16-43(17-27-52)56(6,7)41-12-22-50(23-13-41)65-32-46(59)30-58(45-20-10-40(5)11-21-45)31-47(60)33-66-51-24-14-42(15-25-51)57(8,9)44-18-28-53(29-19-44)68-35-49(62)37-70-55(64)39(3)4;1-21(2,15-3-7-17(8-4-15)22-11-19-13-24-19)16-5-9-18(10-6-16)23-12-20-14-25-20;1-10-4-6-13(7-5-10)14(8-11(2)15)9-12(3)16;1-6-2-4-7(8)5-3-6;1-3(2)4(5)6/h10-29,46-49,59-62H,1,3,30-37H2,2,4-9H3;3-10,19-20H,11-14H2,1-2H3;4-7,11-12,15-16H,8-9H2,1-3H3;2-5H,8H2,1H3;1H2,2H3,(H,5,6). The van der Waals surface area contributed by atoms with Gasteiger partial charge in [0.25, 0.3) is 0 Å². The molecular weight excluding hydrogens is 1590 g/mol. The second kappa shape index (κ2) is 49.3. The lowest BCUT2D eigenvalue weighted by molar-refractivity contribution is -0.143. The third-order valence-electron chi connectivity index (χ3n) is 20.5. The molecule has 0 spiro atoms. The first kappa shape index (κ1) is 101. The Bertz CT molecular complexity index is 4510. The number of epoxide rings is 2. The predicted octanol–water partition coefficient (Wildman–Crippen LogP) is 15.4. The van der Waals surface area contributed by atoms with Gasteiger partial charge in [0.2, 0.25) is 0 Å². The highest BCUT2D eigenvalue weighted by Crippen LogP contribution is 2.37. The lowest BCUT2D eigenvalue weighted by Gasteiger charge is -2.30. The number of aliphatic hydroxyl groups excluding tert-OH is 6. The molecule has 0 amide bonds. The minimum Gasteiger partial charge on any atom is -0.491 e. The summed E-state index contributed by atoms with van der Waals surface area (Å²) >= 11 is 0. The molecule has 2 saturated heterocycles. The van der Waals surface area contributed by atoms with Crippen LogP contribution in [0.5, 0.6) is 34.5 Å². The van der Waals surface area contributed by atoms with Gasteiger partial charge < -0.3 is 98.6 Å². The van der Waals surface area contributed by atoms with Gasteiger partial charge >= 0.3 is 17.9 Å². The first-order chi connectivity index (χ1) is 59.2. The van der Waals surface area contributed by atoms with E-state index in [4.69, 9.17) is 58.2 Å². The number of anilines is 3. The molecule has 9 aromatic rings. The average Bonchev–Trinajstić information content (AvgIpc) is 1.67. The number of ether oxygens (including phenoxy) is 10. The molecule has 0 aromatic heterocycles. The Morgan fingerprint density at radius 1 is 0.368 bits per heavy atom. The van der Waals surface area contributed by atoms with Gasteiger partial charge in [-0.2, -0.15) is 0 Å². The SMILES string of the molecule is C=C(C)C(=O)O.C=C(C)C(=O)OCC(O)COc1ccc(C(C)(C)c2ccc(OCC(O)CN(CC(O)COc3ccc(C(C)(C)c4ccc(OCC(O)COC(=O)C(=C)C)cc4)cc3)c3ccc(C)cc3)cc2)cc1.CC(C)(c1ccc(OCC2CO2)cc1)c1ccc(OCC2CO2)cc1.Cc1ccc(N(CC(C)O)CC(C)O)cc1.Cc1ccc(N)cc1. The Balaban J connectivity index is 0.000000308. The van der Waals surface area contributed by atoms with Crippen LogP contribution in [0.3, 0.4) is 0 Å². The fourth-order valence-electron chi connectivity index (χ4n) is 12.4. The molecule has 11 rings (SSSR count). The predicted molar refractivity (Wildman–Crippen MR) is 491 cm³/mol. The maximum absolute atomic E-state index is 11.6. The Morgan fingerprint density at radius 3 is 0.808 bits per heavy atom. The highest BCUT2D eigenvalue weighted by Gasteiger charge is 2.29. The molecule has 8 atom stereocenters. The summed E-state index contributed by atoms with van der Waals surface area (Å²) in [5, 5.41) is 69.5. The van der Waals surface area contributed by atoms with Gasteiger partial charge in [0, 0.05) is 76.2 Å². The molecule has 2 aliphatic heterocycles. The van der Waals surface area contributed by atoms with Crippen molar-refractivity contribution in [2.45, 2.75) is 162 Å². The summed E-state index contributed by atoms with van der Waals surface area (Å²) in [6.45, 7) is 41.3. The quantitative estimate of drug-likeness (QED) is 0.00764. The van der Waals surface area contributed by atoms with Crippen LogP contribution < -0.4 is 44.0 Å². The number of rotatable bonds is 41. The molecule has 125 heavy (non-hydrogen) atoms. The van der Waals surface area contributed by atoms with Gasteiger partial charge in [-0.1, -0.05) is 187 Å². The maximum Gasteiger partial charge on any atom is 0.333 e. The number of aliphatic carboxylic acids is 1. The van der Waals surface area contributed by atoms with E-state index in [1.807, 2.05) is 225 Å². The summed E-state index contributed by atoms with van der Waals surface area (Å²) < 4.78 is 55.3. The molecule has 2 heterocycles. The van der Waals surface area contributed by atoms with Crippen LogP contribution in [-0.2, 0) is 49.6 Å². The molecule has 23 heteroatoms. The minimum absolute atomic E-state index is 0.0330. The first-order valence-corrected chi connectivity index (χ1v) is 42.0. The average molecular weight is 1720 g/mol. The largest absolute Gasteiger partial charge is 0.491 e. The van der Waals surface area contributed by atoms with Crippen molar-refractivity contribution in [2.24, 2.45) is 0 Å². The molecule has 9 N–H and O–H groups in total. The number of carboxylic acids is 1. The normalized spacial score (nSPS) is 14.6. The number of nitrogens with zero attached hydrogens (tertiary/aromatic N) is 2. The summed E-state index contributed by atoms with van der Waals surface area (Å²) in [6.07, 6.45) is -3.95. The van der Waals surface area contributed by atoms with E-state index in [9.17, 15) is 45.0 Å². The van der Waals surface area contributed by atoms with E-state index in [-0.39, 0.29) is 97.9 Å². The Labute approximate surface area is 737 Å². The Kier molecular flexibility index (Phi) is 39.6. The van der Waals surface area contributed by atoms with Gasteiger partial charge in [-0.3, -0.25) is 0 Å². The lowest BCUT2D eigenvalue weighted by Crippen LogP contribution is -2.41. The molecule has 0 bridgehead atoms. The van der Waals surface area contributed by atoms with E-state index in [0.717, 1.165) is 69.6 Å². The van der Waals surface area contributed by atoms with E-state index >= 15 is 0 Å². The fraction of sp³-hybridized carbons (Fsp3) is 0.382. The van der Waals surface area contributed by atoms with E-state index in [1.54, 1.807) is 27.7 Å². The number of esters is 2. The van der Waals surface area contributed by atoms with E-state index < -0.39 is 54.5 Å². The number of nitrogens with two attached hydrogens (primary N) is 1. The molecule has 2 fully saturated rings. The van der Waals surface area contributed by atoms with Crippen molar-refractivity contribution in [3.63, 3.8) is 0 Å². The van der Waals surface area contributed by atoms with Crippen LogP contribution in [0.25, 0.3) is 0 Å². The fourth-order valence-corrected chi connectivity index (χ4v) is 12.4. The molecular formula is C102H129N3O20. The smallest absolute Gasteiger partial charge is 0.333 e. The second-order valence-corrected chi connectivity index (χ2v) is 33.3. The van der Waals surface area contributed by atoms with Crippen molar-refractivity contribution in [1.82, 2.24) is 0 Å². The number of aryl methyl sites for hydroxylation is 3. The minimum atomic E-state index is -0.977. The van der Waals surface area contributed by atoms with Gasteiger partial charge in [0.05, 0.1) is 25.4 Å². The van der Waals surface area contributed by atoms with Crippen LogP contribution in [-0.4, -0.2) is 195 Å². The highest BCUT2D eigenvalue weighted by atomic mass is 16.6. The second-order valence-electron chi connectivity index (χ2n) is 33.3. The van der Waals surface area contributed by atoms with Crippen LogP contribution in [0.15, 0.2) is 255 Å². The lowest BCUT2D eigenvalue weighted by atomic mass is 9.78. The number of carbonyl (C=O) groups excluding carboxylic acids is 2. The molecule has 8 unspecified atom stereocenters. The number of benzene rings is 9. The van der Waals surface area contributed by atoms with Crippen LogP contribution in [0.4, 0.5) is 17.1 Å². The van der Waals surface area contributed by atoms with Crippen molar-refractivity contribution in [3.05, 3.63) is 305 Å². The zero-order chi connectivity index (χ0) is 91.6.